The number of nitrogens with two attached hydrogens (primary N) is 1. The molecule has 0 atom stereocenters. The van der Waals surface area contributed by atoms with E-state index in [0.717, 1.165) is 0 Å². The van der Waals surface area contributed by atoms with Gasteiger partial charge in [-0.1, -0.05) is 13.8 Å². The molecule has 0 spiro atoms. The molecule has 0 amide bonds. The van der Waals surface area contributed by atoms with Crippen LogP contribution in [-0.4, -0.2) is 20.5 Å². The molecule has 3 N–H and O–H groups in total. The molecule has 0 unspecified atom stereocenters. The van der Waals surface area contributed by atoms with Crippen LogP contribution in [0.3, 0.4) is 0 Å². The van der Waals surface area contributed by atoms with Gasteiger partial charge in [0, 0.05) is 12.1 Å². The van der Waals surface area contributed by atoms with Gasteiger partial charge in [-0.3, -0.25) is 0 Å². The van der Waals surface area contributed by atoms with Crippen LogP contribution in [0, 0.1) is 5.82 Å². The number of rotatable bonds is 6. The molecule has 0 aliphatic carbocycles. The molecule has 1 aromatic rings. The SMILES string of the molecule is CCC(N)(CC)CNS(=O)(=O)c1ccc(C(F)(F)F)c(F)c1. The minimum atomic E-state index is -4.88. The van der Waals surface area contributed by atoms with Gasteiger partial charge in [-0.25, -0.2) is 17.5 Å². The van der Waals surface area contributed by atoms with E-state index in [4.69, 9.17) is 5.73 Å². The van der Waals surface area contributed by atoms with E-state index >= 15 is 0 Å². The van der Waals surface area contributed by atoms with Crippen molar-refractivity contribution in [1.82, 2.24) is 4.72 Å². The highest BCUT2D eigenvalue weighted by molar-refractivity contribution is 7.89. The summed E-state index contributed by atoms with van der Waals surface area (Å²) in [4.78, 5) is -0.576. The molecular weight excluding hydrogens is 324 g/mol. The second-order valence-corrected chi connectivity index (χ2v) is 6.80. The quantitative estimate of drug-likeness (QED) is 0.781. The van der Waals surface area contributed by atoms with Gasteiger partial charge in [0.25, 0.3) is 0 Å². The van der Waals surface area contributed by atoms with Crippen molar-refractivity contribution in [3.05, 3.63) is 29.6 Å². The minimum Gasteiger partial charge on any atom is -0.324 e. The number of halogens is 4. The maximum Gasteiger partial charge on any atom is 0.419 e. The number of hydrogen-bond donors (Lipinski definition) is 2. The molecule has 0 saturated carbocycles. The van der Waals surface area contributed by atoms with Crippen molar-refractivity contribution >= 4 is 10.0 Å². The summed E-state index contributed by atoms with van der Waals surface area (Å²) in [5.41, 5.74) is 3.66. The van der Waals surface area contributed by atoms with Crippen molar-refractivity contribution in [2.24, 2.45) is 5.73 Å². The van der Waals surface area contributed by atoms with E-state index in [-0.39, 0.29) is 6.54 Å². The maximum atomic E-state index is 13.4. The lowest BCUT2D eigenvalue weighted by molar-refractivity contribution is -0.140. The molecule has 9 heteroatoms. The zero-order chi connectivity index (χ0) is 17.2. The number of hydrogen-bond acceptors (Lipinski definition) is 3. The first-order chi connectivity index (χ1) is 9.95. The molecule has 0 fully saturated rings. The molecule has 0 radical (unpaired) electrons. The van der Waals surface area contributed by atoms with Crippen LogP contribution < -0.4 is 10.5 Å². The van der Waals surface area contributed by atoms with Crippen molar-refractivity contribution in [2.75, 3.05) is 6.54 Å². The van der Waals surface area contributed by atoms with Crippen molar-refractivity contribution in [3.8, 4) is 0 Å². The van der Waals surface area contributed by atoms with Gasteiger partial charge in [-0.2, -0.15) is 13.2 Å². The topological polar surface area (TPSA) is 72.2 Å². The number of benzene rings is 1. The van der Waals surface area contributed by atoms with Crippen LogP contribution in [0.2, 0.25) is 0 Å². The third-order valence-electron chi connectivity index (χ3n) is 3.58. The van der Waals surface area contributed by atoms with Crippen LogP contribution in [-0.2, 0) is 16.2 Å². The molecule has 0 aromatic heterocycles. The van der Waals surface area contributed by atoms with Crippen molar-refractivity contribution in [2.45, 2.75) is 43.3 Å². The van der Waals surface area contributed by atoms with E-state index in [1.807, 2.05) is 0 Å². The Bertz CT molecular complexity index is 625. The molecule has 0 heterocycles. The summed E-state index contributed by atoms with van der Waals surface area (Å²) in [6.07, 6.45) is -3.86. The summed E-state index contributed by atoms with van der Waals surface area (Å²) < 4.78 is 77.0. The van der Waals surface area contributed by atoms with Crippen LogP contribution in [0.1, 0.15) is 32.3 Å². The van der Waals surface area contributed by atoms with Gasteiger partial charge in [0.1, 0.15) is 5.82 Å². The normalized spacial score (nSPS) is 13.4. The molecular formula is C13H18F4N2O2S. The first-order valence-electron chi connectivity index (χ1n) is 6.60. The molecule has 4 nitrogen and oxygen atoms in total. The van der Waals surface area contributed by atoms with E-state index in [9.17, 15) is 26.0 Å². The number of sulfonamides is 1. The average molecular weight is 342 g/mol. The Morgan fingerprint density at radius 3 is 2.14 bits per heavy atom. The van der Waals surface area contributed by atoms with Gasteiger partial charge in [-0.15, -0.1) is 0 Å². The van der Waals surface area contributed by atoms with Crippen LogP contribution in [0.25, 0.3) is 0 Å². The van der Waals surface area contributed by atoms with Crippen molar-refractivity contribution < 1.29 is 26.0 Å². The standard InChI is InChI=1S/C13H18F4N2O2S/c1-3-12(18,4-2)8-19-22(20,21)9-5-6-10(11(14)7-9)13(15,16)17/h5-7,19H,3-4,8,18H2,1-2H3. The molecule has 22 heavy (non-hydrogen) atoms. The lowest BCUT2D eigenvalue weighted by Gasteiger charge is -2.26. The highest BCUT2D eigenvalue weighted by Crippen LogP contribution is 2.32. The summed E-state index contributed by atoms with van der Waals surface area (Å²) >= 11 is 0. The Labute approximate surface area is 126 Å². The fourth-order valence-corrected chi connectivity index (χ4v) is 2.86. The summed E-state index contributed by atoms with van der Waals surface area (Å²) in [6, 6.07) is 1.46. The van der Waals surface area contributed by atoms with E-state index in [2.05, 4.69) is 4.72 Å². The largest absolute Gasteiger partial charge is 0.419 e. The van der Waals surface area contributed by atoms with Crippen LogP contribution in [0.15, 0.2) is 23.1 Å². The fourth-order valence-electron chi connectivity index (χ4n) is 1.71. The highest BCUT2D eigenvalue weighted by Gasteiger charge is 2.35. The molecule has 0 aliphatic rings. The van der Waals surface area contributed by atoms with Gasteiger partial charge < -0.3 is 5.73 Å². The van der Waals surface area contributed by atoms with E-state index < -0.39 is 38.0 Å². The number of nitrogens with one attached hydrogen (secondary N) is 1. The molecule has 126 valence electrons. The van der Waals surface area contributed by atoms with Gasteiger partial charge in [0.2, 0.25) is 10.0 Å². The van der Waals surface area contributed by atoms with E-state index in [1.54, 1.807) is 13.8 Å². The first kappa shape index (κ1) is 18.9. The first-order valence-corrected chi connectivity index (χ1v) is 8.09. The number of alkyl halides is 3. The summed E-state index contributed by atoms with van der Waals surface area (Å²) in [5, 5.41) is 0. The van der Waals surface area contributed by atoms with Crippen molar-refractivity contribution in [3.63, 3.8) is 0 Å². The average Bonchev–Trinajstić information content (AvgIpc) is 2.43. The Kier molecular flexibility index (Phi) is 5.58. The lowest BCUT2D eigenvalue weighted by atomic mass is 9.95. The van der Waals surface area contributed by atoms with Crippen LogP contribution >= 0.6 is 0 Å². The van der Waals surface area contributed by atoms with E-state index in [1.165, 1.54) is 0 Å². The predicted octanol–water partition coefficient (Wildman–Crippen LogP) is 2.64. The molecule has 0 saturated heterocycles. The highest BCUT2D eigenvalue weighted by atomic mass is 32.2. The zero-order valence-electron chi connectivity index (χ0n) is 12.2. The third kappa shape index (κ3) is 4.40. The lowest BCUT2D eigenvalue weighted by Crippen LogP contribution is -2.49. The van der Waals surface area contributed by atoms with Crippen molar-refractivity contribution in [1.29, 1.82) is 0 Å². The Morgan fingerprint density at radius 2 is 1.73 bits per heavy atom. The summed E-state index contributed by atoms with van der Waals surface area (Å²) in [5.74, 6) is -1.64. The smallest absolute Gasteiger partial charge is 0.324 e. The molecule has 0 bridgehead atoms. The summed E-state index contributed by atoms with van der Waals surface area (Å²) in [6.45, 7) is 3.48. The van der Waals surface area contributed by atoms with E-state index in [0.29, 0.717) is 31.0 Å². The minimum absolute atomic E-state index is 0.0923. The molecule has 1 rings (SSSR count). The van der Waals surface area contributed by atoms with Crippen LogP contribution in [0.5, 0.6) is 0 Å². The molecule has 1 aromatic carbocycles. The predicted molar refractivity (Wildman–Crippen MR) is 74.1 cm³/mol. The monoisotopic (exact) mass is 342 g/mol. The van der Waals surface area contributed by atoms with Gasteiger partial charge >= 0.3 is 6.18 Å². The zero-order valence-corrected chi connectivity index (χ0v) is 13.0. The fraction of sp³-hybridized carbons (Fsp3) is 0.538. The third-order valence-corrected chi connectivity index (χ3v) is 4.98. The maximum absolute atomic E-state index is 13.4. The van der Waals surface area contributed by atoms with Gasteiger partial charge in [-0.05, 0) is 31.0 Å². The van der Waals surface area contributed by atoms with Gasteiger partial charge in [0.15, 0.2) is 0 Å². The second-order valence-electron chi connectivity index (χ2n) is 5.03. The Hall–Kier alpha value is -1.19. The Morgan fingerprint density at radius 1 is 1.18 bits per heavy atom. The molecule has 0 aliphatic heterocycles. The second kappa shape index (κ2) is 6.51. The van der Waals surface area contributed by atoms with Crippen LogP contribution in [0.4, 0.5) is 17.6 Å². The van der Waals surface area contributed by atoms with Gasteiger partial charge in [0.05, 0.1) is 10.5 Å². The summed E-state index contributed by atoms with van der Waals surface area (Å²) in [7, 11) is -4.14. The Balaban J connectivity index is 3.02.